The van der Waals surface area contributed by atoms with Crippen LogP contribution in [0.4, 0.5) is 0 Å². The van der Waals surface area contributed by atoms with Crippen LogP contribution < -0.4 is 5.76 Å². The van der Waals surface area contributed by atoms with Crippen LogP contribution in [0.3, 0.4) is 0 Å². The molecule has 3 unspecified atom stereocenters. The van der Waals surface area contributed by atoms with E-state index in [1.54, 1.807) is 4.57 Å². The Balaban J connectivity index is 1.68. The first-order valence-electron chi connectivity index (χ1n) is 7.48. The summed E-state index contributed by atoms with van der Waals surface area (Å²) in [5.41, 5.74) is 2.26. The van der Waals surface area contributed by atoms with Crippen molar-refractivity contribution >= 4 is 11.1 Å². The molecule has 0 spiro atoms. The van der Waals surface area contributed by atoms with Crippen LogP contribution >= 0.6 is 0 Å². The van der Waals surface area contributed by atoms with Gasteiger partial charge in [-0.15, -0.1) is 0 Å². The van der Waals surface area contributed by atoms with E-state index in [0.717, 1.165) is 35.8 Å². The second kappa shape index (κ2) is 4.22. The predicted octanol–water partition coefficient (Wildman–Crippen LogP) is 2.69. The molecule has 2 aliphatic carbocycles. The summed E-state index contributed by atoms with van der Waals surface area (Å²) in [4.78, 5) is 11.7. The van der Waals surface area contributed by atoms with Gasteiger partial charge in [-0.2, -0.15) is 0 Å². The van der Waals surface area contributed by atoms with Gasteiger partial charge in [-0.05, 0) is 61.6 Å². The lowest BCUT2D eigenvalue weighted by atomic mass is 9.91. The standard InChI is InChI=1S/C16H19NO3/c1-2-17-13-4-3-9(8-14(13)20-16(17)19)15(18)12-6-10-5-11(10)7-12/h3-4,8,10-12,15,18H,2,5-7H2,1H3. The predicted molar refractivity (Wildman–Crippen MR) is 75.4 cm³/mol. The second-order valence-corrected chi connectivity index (χ2v) is 6.27. The van der Waals surface area contributed by atoms with Crippen LogP contribution in [-0.4, -0.2) is 9.67 Å². The summed E-state index contributed by atoms with van der Waals surface area (Å²) in [6.45, 7) is 2.52. The van der Waals surface area contributed by atoms with Gasteiger partial charge >= 0.3 is 5.76 Å². The molecule has 0 aliphatic heterocycles. The Kier molecular flexibility index (Phi) is 2.58. The number of nitrogens with zero attached hydrogens (tertiary/aromatic N) is 1. The molecule has 2 aromatic rings. The fraction of sp³-hybridized carbons (Fsp3) is 0.562. The van der Waals surface area contributed by atoms with E-state index in [9.17, 15) is 9.90 Å². The fourth-order valence-corrected chi connectivity index (χ4v) is 3.86. The summed E-state index contributed by atoms with van der Waals surface area (Å²) in [7, 11) is 0. The highest BCUT2D eigenvalue weighted by Gasteiger charge is 2.47. The molecule has 106 valence electrons. The number of benzene rings is 1. The molecule has 3 atom stereocenters. The summed E-state index contributed by atoms with van der Waals surface area (Å²) in [5, 5.41) is 10.5. The van der Waals surface area contributed by atoms with Crippen LogP contribution in [0, 0.1) is 17.8 Å². The van der Waals surface area contributed by atoms with E-state index >= 15 is 0 Å². The highest BCUT2D eigenvalue weighted by atomic mass is 16.4. The van der Waals surface area contributed by atoms with E-state index in [4.69, 9.17) is 4.42 Å². The van der Waals surface area contributed by atoms with Gasteiger partial charge in [0.05, 0.1) is 11.6 Å². The zero-order valence-corrected chi connectivity index (χ0v) is 11.6. The Labute approximate surface area is 117 Å². The van der Waals surface area contributed by atoms with E-state index in [-0.39, 0.29) is 5.76 Å². The van der Waals surface area contributed by atoms with Crippen molar-refractivity contribution in [3.8, 4) is 0 Å². The molecule has 2 fully saturated rings. The van der Waals surface area contributed by atoms with Crippen molar-refractivity contribution in [1.82, 2.24) is 4.57 Å². The van der Waals surface area contributed by atoms with E-state index in [1.165, 1.54) is 6.42 Å². The van der Waals surface area contributed by atoms with Gasteiger partial charge in [0.1, 0.15) is 0 Å². The molecule has 0 amide bonds. The second-order valence-electron chi connectivity index (χ2n) is 6.27. The van der Waals surface area contributed by atoms with Crippen LogP contribution in [-0.2, 0) is 6.54 Å². The topological polar surface area (TPSA) is 55.4 Å². The molecule has 4 heteroatoms. The number of fused-ring (bicyclic) bond motifs is 2. The minimum absolute atomic E-state index is 0.323. The summed E-state index contributed by atoms with van der Waals surface area (Å²) in [6.07, 6.45) is 3.21. The van der Waals surface area contributed by atoms with Gasteiger partial charge in [0.25, 0.3) is 0 Å². The zero-order valence-electron chi connectivity index (χ0n) is 11.6. The average molecular weight is 273 g/mol. The third-order valence-corrected chi connectivity index (χ3v) is 5.08. The number of aromatic nitrogens is 1. The molecule has 1 heterocycles. The minimum Gasteiger partial charge on any atom is -0.408 e. The smallest absolute Gasteiger partial charge is 0.408 e. The molecular weight excluding hydrogens is 254 g/mol. The highest BCUT2D eigenvalue weighted by Crippen LogP contribution is 2.57. The van der Waals surface area contributed by atoms with E-state index in [1.807, 2.05) is 25.1 Å². The van der Waals surface area contributed by atoms with Crippen LogP contribution in [0.1, 0.15) is 37.9 Å². The Hall–Kier alpha value is -1.55. The van der Waals surface area contributed by atoms with Gasteiger partial charge in [0.15, 0.2) is 5.58 Å². The van der Waals surface area contributed by atoms with Gasteiger partial charge in [0, 0.05) is 6.54 Å². The average Bonchev–Trinajstić information content (AvgIpc) is 2.93. The van der Waals surface area contributed by atoms with Crippen LogP contribution in [0.5, 0.6) is 0 Å². The van der Waals surface area contributed by atoms with Crippen molar-refractivity contribution < 1.29 is 9.52 Å². The van der Waals surface area contributed by atoms with Crippen molar-refractivity contribution in [2.24, 2.45) is 17.8 Å². The van der Waals surface area contributed by atoms with Gasteiger partial charge < -0.3 is 9.52 Å². The van der Waals surface area contributed by atoms with Crippen molar-refractivity contribution in [2.75, 3.05) is 0 Å². The Bertz CT molecular complexity index is 704. The number of hydrogen-bond donors (Lipinski definition) is 1. The molecule has 4 rings (SSSR count). The Morgan fingerprint density at radius 1 is 1.35 bits per heavy atom. The zero-order chi connectivity index (χ0) is 13.9. The summed E-state index contributed by atoms with van der Waals surface area (Å²) in [5.74, 6) is 1.77. The van der Waals surface area contributed by atoms with Gasteiger partial charge in [-0.1, -0.05) is 6.07 Å². The lowest BCUT2D eigenvalue weighted by Crippen LogP contribution is -2.12. The minimum atomic E-state index is -0.428. The maximum atomic E-state index is 11.7. The number of aliphatic hydroxyl groups excluding tert-OH is 1. The first kappa shape index (κ1) is 12.2. The summed E-state index contributed by atoms with van der Waals surface area (Å²) < 4.78 is 6.88. The third kappa shape index (κ3) is 1.74. The number of aryl methyl sites for hydroxylation is 1. The normalized spacial score (nSPS) is 29.6. The molecule has 0 radical (unpaired) electrons. The van der Waals surface area contributed by atoms with Crippen molar-refractivity contribution in [1.29, 1.82) is 0 Å². The molecule has 1 N–H and O–H groups in total. The number of oxazole rings is 1. The third-order valence-electron chi connectivity index (χ3n) is 5.08. The molecule has 0 saturated heterocycles. The van der Waals surface area contributed by atoms with Gasteiger partial charge in [0.2, 0.25) is 0 Å². The summed E-state index contributed by atoms with van der Waals surface area (Å²) >= 11 is 0. The fourth-order valence-electron chi connectivity index (χ4n) is 3.86. The molecular formula is C16H19NO3. The maximum absolute atomic E-state index is 11.7. The van der Waals surface area contributed by atoms with Crippen LogP contribution in [0.25, 0.3) is 11.1 Å². The van der Waals surface area contributed by atoms with E-state index in [2.05, 4.69) is 0 Å². The first-order chi connectivity index (χ1) is 9.67. The lowest BCUT2D eigenvalue weighted by Gasteiger charge is -2.19. The lowest BCUT2D eigenvalue weighted by molar-refractivity contribution is 0.104. The van der Waals surface area contributed by atoms with Gasteiger partial charge in [-0.3, -0.25) is 4.57 Å². The number of aliphatic hydroxyl groups is 1. The van der Waals surface area contributed by atoms with Crippen LogP contribution in [0.15, 0.2) is 27.4 Å². The van der Waals surface area contributed by atoms with Crippen molar-refractivity contribution in [2.45, 2.75) is 38.8 Å². The quantitative estimate of drug-likeness (QED) is 0.935. The molecule has 4 nitrogen and oxygen atoms in total. The molecule has 2 saturated carbocycles. The highest BCUT2D eigenvalue weighted by molar-refractivity contribution is 5.73. The SMILES string of the molecule is CCn1c(=O)oc2cc(C(O)C3CC4CC4C3)ccc21. The molecule has 2 aliphatic rings. The van der Waals surface area contributed by atoms with Crippen LogP contribution in [0.2, 0.25) is 0 Å². The Morgan fingerprint density at radius 3 is 2.80 bits per heavy atom. The van der Waals surface area contributed by atoms with Crippen molar-refractivity contribution in [3.05, 3.63) is 34.3 Å². The molecule has 20 heavy (non-hydrogen) atoms. The van der Waals surface area contributed by atoms with E-state index in [0.29, 0.717) is 18.0 Å². The Morgan fingerprint density at radius 2 is 2.10 bits per heavy atom. The first-order valence-corrected chi connectivity index (χ1v) is 7.48. The van der Waals surface area contributed by atoms with Crippen molar-refractivity contribution in [3.63, 3.8) is 0 Å². The number of rotatable bonds is 3. The maximum Gasteiger partial charge on any atom is 0.419 e. The molecule has 0 bridgehead atoms. The summed E-state index contributed by atoms with van der Waals surface area (Å²) in [6, 6.07) is 5.65. The van der Waals surface area contributed by atoms with E-state index < -0.39 is 6.10 Å². The molecule has 1 aromatic heterocycles. The van der Waals surface area contributed by atoms with Gasteiger partial charge in [-0.25, -0.2) is 4.79 Å². The number of hydrogen-bond acceptors (Lipinski definition) is 3. The largest absolute Gasteiger partial charge is 0.419 e. The monoisotopic (exact) mass is 273 g/mol. The molecule has 1 aromatic carbocycles.